The average Bonchev–Trinajstić information content (AvgIpc) is 2.62. The van der Waals surface area contributed by atoms with Gasteiger partial charge in [-0.25, -0.2) is 4.99 Å². The molecule has 0 saturated heterocycles. The highest BCUT2D eigenvalue weighted by atomic mass is 35.5. The van der Waals surface area contributed by atoms with Crippen LogP contribution in [0.4, 0.5) is 0 Å². The predicted octanol–water partition coefficient (Wildman–Crippen LogP) is 3.39. The lowest BCUT2D eigenvalue weighted by Gasteiger charge is -2.31. The van der Waals surface area contributed by atoms with Gasteiger partial charge in [0.15, 0.2) is 5.96 Å². The summed E-state index contributed by atoms with van der Waals surface area (Å²) in [6, 6.07) is 5.48. The van der Waals surface area contributed by atoms with Crippen LogP contribution in [0.15, 0.2) is 38.8 Å². The summed E-state index contributed by atoms with van der Waals surface area (Å²) >= 11 is 13.8. The highest BCUT2D eigenvalue weighted by Crippen LogP contribution is 2.42. The second-order valence-electron chi connectivity index (χ2n) is 5.82. The lowest BCUT2D eigenvalue weighted by atomic mass is 10.1. The lowest BCUT2D eigenvalue weighted by molar-refractivity contribution is 0.202. The van der Waals surface area contributed by atoms with Crippen molar-refractivity contribution in [1.29, 1.82) is 0 Å². The van der Waals surface area contributed by atoms with Crippen molar-refractivity contribution in [2.75, 3.05) is 7.05 Å². The summed E-state index contributed by atoms with van der Waals surface area (Å²) in [6.45, 7) is 6.15. The number of nitrogens with two attached hydrogens (primary N) is 2. The maximum Gasteiger partial charge on any atom is 0.208 e. The van der Waals surface area contributed by atoms with E-state index in [1.165, 1.54) is 0 Å². The Morgan fingerprint density at radius 1 is 1.26 bits per heavy atom. The van der Waals surface area contributed by atoms with E-state index in [1.54, 1.807) is 17.8 Å². The van der Waals surface area contributed by atoms with Crippen molar-refractivity contribution in [1.82, 2.24) is 10.2 Å². The van der Waals surface area contributed by atoms with E-state index >= 15 is 0 Å². The zero-order chi connectivity index (χ0) is 17.4. The topological polar surface area (TPSA) is 79.7 Å². The van der Waals surface area contributed by atoms with Gasteiger partial charge >= 0.3 is 0 Å². The van der Waals surface area contributed by atoms with Crippen LogP contribution in [-0.2, 0) is 0 Å². The number of rotatable bonds is 4. The summed E-state index contributed by atoms with van der Waals surface area (Å²) in [5.74, 6) is -0.402. The highest BCUT2D eigenvalue weighted by molar-refractivity contribution is 8.03. The van der Waals surface area contributed by atoms with Gasteiger partial charge in [-0.1, -0.05) is 48.8 Å². The van der Waals surface area contributed by atoms with E-state index in [4.69, 9.17) is 34.7 Å². The van der Waals surface area contributed by atoms with Crippen molar-refractivity contribution in [2.24, 2.45) is 22.4 Å². The van der Waals surface area contributed by atoms with Crippen LogP contribution in [0.25, 0.3) is 0 Å². The summed E-state index contributed by atoms with van der Waals surface area (Å²) < 4.78 is 0. The van der Waals surface area contributed by atoms with Gasteiger partial charge in [0.25, 0.3) is 0 Å². The Bertz CT molecular complexity index is 650. The van der Waals surface area contributed by atoms with Crippen LogP contribution in [0.1, 0.15) is 20.8 Å². The third-order valence-electron chi connectivity index (χ3n) is 3.53. The summed E-state index contributed by atoms with van der Waals surface area (Å²) in [5, 5.41) is 5.66. The minimum absolute atomic E-state index is 0.0343. The largest absolute Gasteiger partial charge is 0.370 e. The summed E-state index contributed by atoms with van der Waals surface area (Å²) in [5.41, 5.74) is 12.2. The van der Waals surface area contributed by atoms with Gasteiger partial charge in [0, 0.05) is 27.7 Å². The second-order valence-corrected chi connectivity index (χ2v) is 7.76. The number of guanidine groups is 1. The molecule has 1 heterocycles. The maximum absolute atomic E-state index is 6.10. The summed E-state index contributed by atoms with van der Waals surface area (Å²) in [7, 11) is 1.95. The average molecular weight is 374 g/mol. The van der Waals surface area contributed by atoms with Gasteiger partial charge in [-0.15, -0.1) is 0 Å². The number of benzene rings is 1. The van der Waals surface area contributed by atoms with Crippen LogP contribution in [0, 0.1) is 5.92 Å². The summed E-state index contributed by atoms with van der Waals surface area (Å²) in [6.07, 6.45) is 0. The molecule has 126 valence electrons. The third kappa shape index (κ3) is 4.00. The van der Waals surface area contributed by atoms with Crippen molar-refractivity contribution in [2.45, 2.75) is 31.5 Å². The van der Waals surface area contributed by atoms with Crippen LogP contribution in [0.2, 0.25) is 10.0 Å². The number of hydrogen-bond donors (Lipinski definition) is 3. The van der Waals surface area contributed by atoms with Gasteiger partial charge in [-0.2, -0.15) is 0 Å². The smallest absolute Gasteiger partial charge is 0.208 e. The molecule has 0 radical (unpaired) electrons. The first-order chi connectivity index (χ1) is 10.6. The lowest BCUT2D eigenvalue weighted by Crippen LogP contribution is -2.49. The van der Waals surface area contributed by atoms with Gasteiger partial charge in [0.1, 0.15) is 0 Å². The molecule has 23 heavy (non-hydrogen) atoms. The molecule has 1 unspecified atom stereocenters. The van der Waals surface area contributed by atoms with Crippen molar-refractivity contribution >= 4 is 40.9 Å². The molecule has 0 fully saturated rings. The van der Waals surface area contributed by atoms with Gasteiger partial charge in [-0.3, -0.25) is 0 Å². The molecule has 5 nitrogen and oxygen atoms in total. The predicted molar refractivity (Wildman–Crippen MR) is 99.3 cm³/mol. The first-order valence-electron chi connectivity index (χ1n) is 7.13. The number of allylic oxidation sites excluding steroid dienone is 1. The molecule has 1 atom stereocenters. The number of thioether (sulfide) groups is 1. The molecule has 1 aliphatic heterocycles. The molecule has 5 N–H and O–H groups in total. The molecular weight excluding hydrogens is 353 g/mol. The summed E-state index contributed by atoms with van der Waals surface area (Å²) in [4.78, 5) is 7.30. The maximum atomic E-state index is 6.10. The minimum Gasteiger partial charge on any atom is -0.370 e. The number of nitrogens with one attached hydrogen (secondary N) is 1. The number of nitrogens with zero attached hydrogens (tertiary/aromatic N) is 2. The number of halogens is 2. The standard InChI is InChI=1S/C15H21Cl2N5S/c1-8(2)12-13(22(4)15(3,20-12)21-14(18)19)23-11-6-9(16)5-10(17)7-11/h5-8,20H,1-4H3,(H4,18,19,21). The Morgan fingerprint density at radius 2 is 1.83 bits per heavy atom. The molecule has 0 aliphatic carbocycles. The van der Waals surface area contributed by atoms with E-state index in [0.29, 0.717) is 10.0 Å². The van der Waals surface area contributed by atoms with Crippen LogP contribution in [0.3, 0.4) is 0 Å². The fourth-order valence-corrected chi connectivity index (χ4v) is 4.30. The monoisotopic (exact) mass is 373 g/mol. The fourth-order valence-electron chi connectivity index (χ4n) is 2.34. The SMILES string of the molecule is CC(C)C1=C(Sc2cc(Cl)cc(Cl)c2)N(C)C(C)(N=C(N)N)N1. The molecule has 0 bridgehead atoms. The van der Waals surface area contributed by atoms with Gasteiger partial charge < -0.3 is 21.7 Å². The van der Waals surface area contributed by atoms with Crippen LogP contribution in [0.5, 0.6) is 0 Å². The van der Waals surface area contributed by atoms with Gasteiger partial charge in [-0.05, 0) is 31.0 Å². The van der Waals surface area contributed by atoms with Crippen LogP contribution >= 0.6 is 35.0 Å². The molecule has 1 aromatic rings. The van der Waals surface area contributed by atoms with E-state index in [1.807, 2.05) is 31.0 Å². The first kappa shape index (κ1) is 18.1. The third-order valence-corrected chi connectivity index (χ3v) is 5.13. The molecule has 1 aliphatic rings. The molecule has 8 heteroatoms. The van der Waals surface area contributed by atoms with E-state index in [2.05, 4.69) is 24.2 Å². The van der Waals surface area contributed by atoms with Crippen molar-refractivity contribution in [3.05, 3.63) is 39.0 Å². The highest BCUT2D eigenvalue weighted by Gasteiger charge is 2.40. The molecule has 0 aromatic heterocycles. The molecule has 1 aromatic carbocycles. The molecule has 0 saturated carbocycles. The van der Waals surface area contributed by atoms with Crippen molar-refractivity contribution < 1.29 is 0 Å². The zero-order valence-electron chi connectivity index (χ0n) is 13.5. The normalized spacial score (nSPS) is 20.9. The number of hydrogen-bond acceptors (Lipinski definition) is 4. The zero-order valence-corrected chi connectivity index (χ0v) is 15.9. The van der Waals surface area contributed by atoms with Crippen molar-refractivity contribution in [3.8, 4) is 0 Å². The van der Waals surface area contributed by atoms with Crippen molar-refractivity contribution in [3.63, 3.8) is 0 Å². The Balaban J connectivity index is 2.40. The Morgan fingerprint density at radius 3 is 2.30 bits per heavy atom. The van der Waals surface area contributed by atoms with E-state index in [-0.39, 0.29) is 11.9 Å². The Hall–Kier alpha value is -1.24. The minimum atomic E-state index is -0.719. The molecule has 0 amide bonds. The molecular formula is C15H21Cl2N5S. The van der Waals surface area contributed by atoms with Crippen LogP contribution in [-0.4, -0.2) is 23.7 Å². The van der Waals surface area contributed by atoms with Gasteiger partial charge in [0.05, 0.1) is 5.03 Å². The number of aliphatic imine (C=N–C) groups is 1. The molecule has 2 rings (SSSR count). The first-order valence-corrected chi connectivity index (χ1v) is 8.70. The molecule has 0 spiro atoms. The van der Waals surface area contributed by atoms with E-state index in [9.17, 15) is 0 Å². The Kier molecular flexibility index (Phi) is 5.28. The van der Waals surface area contributed by atoms with E-state index in [0.717, 1.165) is 15.6 Å². The second kappa shape index (κ2) is 6.71. The quantitative estimate of drug-likeness (QED) is 0.556. The fraction of sp³-hybridized carbons (Fsp3) is 0.400. The van der Waals surface area contributed by atoms with Gasteiger partial charge in [0.2, 0.25) is 5.79 Å². The Labute approximate surface area is 151 Å². The van der Waals surface area contributed by atoms with E-state index < -0.39 is 5.79 Å². The van der Waals surface area contributed by atoms with Crippen LogP contribution < -0.4 is 16.8 Å².